The fourth-order valence-corrected chi connectivity index (χ4v) is 2.39. The first-order valence-corrected chi connectivity index (χ1v) is 7.40. The second kappa shape index (κ2) is 7.74. The van der Waals surface area contributed by atoms with Gasteiger partial charge in [0.05, 0.1) is 32.1 Å². The van der Waals surface area contributed by atoms with E-state index in [0.29, 0.717) is 22.2 Å². The van der Waals surface area contributed by atoms with Crippen LogP contribution in [0.25, 0.3) is 0 Å². The number of hydrogen-bond acceptors (Lipinski definition) is 4. The Morgan fingerprint density at radius 2 is 1.83 bits per heavy atom. The summed E-state index contributed by atoms with van der Waals surface area (Å²) in [6, 6.07) is 12.6. The Balaban J connectivity index is 2.09. The first kappa shape index (κ1) is 17.0. The Morgan fingerprint density at radius 3 is 2.52 bits per heavy atom. The molecule has 0 unspecified atom stereocenters. The van der Waals surface area contributed by atoms with Crippen molar-refractivity contribution < 1.29 is 14.3 Å². The fourth-order valence-electron chi connectivity index (χ4n) is 2.21. The Bertz CT molecular complexity index is 691. The van der Waals surface area contributed by atoms with Crippen molar-refractivity contribution in [2.24, 2.45) is 0 Å². The third kappa shape index (κ3) is 4.29. The minimum absolute atomic E-state index is 0.163. The number of hydrogen-bond donors (Lipinski definition) is 1. The van der Waals surface area contributed by atoms with Gasteiger partial charge in [0.2, 0.25) is 5.91 Å². The van der Waals surface area contributed by atoms with E-state index in [0.717, 1.165) is 5.69 Å². The van der Waals surface area contributed by atoms with Crippen LogP contribution in [0.4, 0.5) is 11.4 Å². The van der Waals surface area contributed by atoms with Gasteiger partial charge in [-0.2, -0.15) is 0 Å². The zero-order valence-electron chi connectivity index (χ0n) is 13.3. The van der Waals surface area contributed by atoms with Gasteiger partial charge in [-0.15, -0.1) is 0 Å². The quantitative estimate of drug-likeness (QED) is 0.879. The number of amides is 1. The third-order valence-corrected chi connectivity index (χ3v) is 3.55. The number of methoxy groups -OCH3 is 2. The number of halogens is 1. The molecule has 0 atom stereocenters. The largest absolute Gasteiger partial charge is 0.495 e. The highest BCUT2D eigenvalue weighted by atomic mass is 35.5. The van der Waals surface area contributed by atoms with Crippen LogP contribution >= 0.6 is 11.6 Å². The lowest BCUT2D eigenvalue weighted by Gasteiger charge is -2.21. The number of anilines is 2. The Hall–Kier alpha value is -2.40. The van der Waals surface area contributed by atoms with Crippen molar-refractivity contribution in [1.29, 1.82) is 0 Å². The van der Waals surface area contributed by atoms with Gasteiger partial charge in [0, 0.05) is 12.1 Å². The van der Waals surface area contributed by atoms with Gasteiger partial charge in [-0.25, -0.2) is 0 Å². The van der Waals surface area contributed by atoms with Crippen LogP contribution in [0.5, 0.6) is 11.5 Å². The predicted molar refractivity (Wildman–Crippen MR) is 92.9 cm³/mol. The van der Waals surface area contributed by atoms with Gasteiger partial charge in [-0.05, 0) is 30.3 Å². The molecule has 122 valence electrons. The number of likely N-dealkylation sites (N-methyl/N-ethyl adjacent to an activating group) is 1. The van der Waals surface area contributed by atoms with E-state index in [-0.39, 0.29) is 12.5 Å². The molecule has 0 heterocycles. The predicted octanol–water partition coefficient (Wildman–Crippen LogP) is 3.43. The lowest BCUT2D eigenvalue weighted by Crippen LogP contribution is -2.30. The minimum atomic E-state index is -0.182. The first-order valence-electron chi connectivity index (χ1n) is 7.02. The van der Waals surface area contributed by atoms with Crippen LogP contribution in [0, 0.1) is 0 Å². The molecule has 0 radical (unpaired) electrons. The topological polar surface area (TPSA) is 50.8 Å². The standard InChI is InChI=1S/C17H19ClN2O3/c1-20(14-6-4-5-7-16(14)23-3)11-17(21)19-13-10-12(18)8-9-15(13)22-2/h4-10H,11H2,1-3H3,(H,19,21). The Labute approximate surface area is 140 Å². The SMILES string of the molecule is COc1ccc(Cl)cc1NC(=O)CN(C)c1ccccc1OC. The van der Waals surface area contributed by atoms with E-state index >= 15 is 0 Å². The van der Waals surface area contributed by atoms with Crippen LogP contribution in [0.1, 0.15) is 0 Å². The van der Waals surface area contributed by atoms with Gasteiger partial charge in [-0.1, -0.05) is 23.7 Å². The van der Waals surface area contributed by atoms with Crippen LogP contribution in [-0.2, 0) is 4.79 Å². The maximum Gasteiger partial charge on any atom is 0.243 e. The average molecular weight is 335 g/mol. The summed E-state index contributed by atoms with van der Waals surface area (Å²) in [6.07, 6.45) is 0. The zero-order valence-corrected chi connectivity index (χ0v) is 14.1. The Morgan fingerprint density at radius 1 is 1.13 bits per heavy atom. The van der Waals surface area contributed by atoms with Crippen molar-refractivity contribution in [3.63, 3.8) is 0 Å². The summed E-state index contributed by atoms with van der Waals surface area (Å²) in [7, 11) is 4.97. The molecular formula is C17H19ClN2O3. The van der Waals surface area contributed by atoms with E-state index in [4.69, 9.17) is 21.1 Å². The molecule has 0 spiro atoms. The average Bonchev–Trinajstić information content (AvgIpc) is 2.54. The molecule has 0 saturated carbocycles. The summed E-state index contributed by atoms with van der Waals surface area (Å²) in [6.45, 7) is 0.163. The van der Waals surface area contributed by atoms with Crippen molar-refractivity contribution >= 4 is 28.9 Å². The molecule has 2 aromatic rings. The lowest BCUT2D eigenvalue weighted by atomic mass is 10.2. The minimum Gasteiger partial charge on any atom is -0.495 e. The molecule has 0 aliphatic heterocycles. The smallest absolute Gasteiger partial charge is 0.243 e. The molecule has 1 N–H and O–H groups in total. The van der Waals surface area contributed by atoms with Gasteiger partial charge >= 0.3 is 0 Å². The van der Waals surface area contributed by atoms with E-state index in [1.165, 1.54) is 0 Å². The van der Waals surface area contributed by atoms with Gasteiger partial charge in [0.1, 0.15) is 11.5 Å². The fraction of sp³-hybridized carbons (Fsp3) is 0.235. The highest BCUT2D eigenvalue weighted by molar-refractivity contribution is 6.31. The summed E-state index contributed by atoms with van der Waals surface area (Å²) < 4.78 is 10.5. The number of para-hydroxylation sites is 2. The van der Waals surface area contributed by atoms with Gasteiger partial charge in [0.25, 0.3) is 0 Å². The maximum absolute atomic E-state index is 12.3. The number of nitrogens with zero attached hydrogens (tertiary/aromatic N) is 1. The molecule has 5 nitrogen and oxygen atoms in total. The van der Waals surface area contributed by atoms with Gasteiger partial charge < -0.3 is 19.7 Å². The summed E-state index contributed by atoms with van der Waals surface area (Å²) in [5.74, 6) is 1.09. The van der Waals surface area contributed by atoms with Crippen LogP contribution in [0.3, 0.4) is 0 Å². The summed E-state index contributed by atoms with van der Waals surface area (Å²) in [5.41, 5.74) is 1.38. The van der Waals surface area contributed by atoms with Crippen LogP contribution in [-0.4, -0.2) is 33.7 Å². The van der Waals surface area contributed by atoms with Crippen LogP contribution < -0.4 is 19.7 Å². The number of rotatable bonds is 6. The number of benzene rings is 2. The van der Waals surface area contributed by atoms with Crippen molar-refractivity contribution in [3.8, 4) is 11.5 Å². The van der Waals surface area contributed by atoms with E-state index in [2.05, 4.69) is 5.32 Å². The number of nitrogens with one attached hydrogen (secondary N) is 1. The van der Waals surface area contributed by atoms with Crippen molar-refractivity contribution in [2.75, 3.05) is 38.0 Å². The molecule has 0 bridgehead atoms. The molecule has 0 saturated heterocycles. The lowest BCUT2D eigenvalue weighted by molar-refractivity contribution is -0.114. The van der Waals surface area contributed by atoms with E-state index in [1.54, 1.807) is 32.4 Å². The highest BCUT2D eigenvalue weighted by Gasteiger charge is 2.13. The maximum atomic E-state index is 12.3. The monoisotopic (exact) mass is 334 g/mol. The molecule has 0 aliphatic rings. The van der Waals surface area contributed by atoms with Gasteiger partial charge in [-0.3, -0.25) is 4.79 Å². The van der Waals surface area contributed by atoms with Crippen LogP contribution in [0.15, 0.2) is 42.5 Å². The number of ether oxygens (including phenoxy) is 2. The van der Waals surface area contributed by atoms with E-state index in [1.807, 2.05) is 36.2 Å². The number of carbonyl (C=O) groups excluding carboxylic acids is 1. The molecule has 0 aliphatic carbocycles. The van der Waals surface area contributed by atoms with Crippen molar-refractivity contribution in [2.45, 2.75) is 0 Å². The molecule has 1 amide bonds. The van der Waals surface area contributed by atoms with Gasteiger partial charge in [0.15, 0.2) is 0 Å². The normalized spacial score (nSPS) is 10.1. The third-order valence-electron chi connectivity index (χ3n) is 3.31. The van der Waals surface area contributed by atoms with Crippen LogP contribution in [0.2, 0.25) is 5.02 Å². The summed E-state index contributed by atoms with van der Waals surface area (Å²) >= 11 is 5.96. The molecule has 2 rings (SSSR count). The first-order chi connectivity index (χ1) is 11.0. The molecule has 0 fully saturated rings. The molecule has 0 aromatic heterocycles. The van der Waals surface area contributed by atoms with Crippen molar-refractivity contribution in [1.82, 2.24) is 0 Å². The highest BCUT2D eigenvalue weighted by Crippen LogP contribution is 2.29. The summed E-state index contributed by atoms with van der Waals surface area (Å²) in [5, 5.41) is 3.34. The second-order valence-electron chi connectivity index (χ2n) is 4.92. The Kier molecular flexibility index (Phi) is 5.71. The van der Waals surface area contributed by atoms with E-state index in [9.17, 15) is 4.79 Å². The molecule has 2 aromatic carbocycles. The molecule has 23 heavy (non-hydrogen) atoms. The van der Waals surface area contributed by atoms with Crippen molar-refractivity contribution in [3.05, 3.63) is 47.5 Å². The molecule has 6 heteroatoms. The second-order valence-corrected chi connectivity index (χ2v) is 5.36. The van der Waals surface area contributed by atoms with E-state index < -0.39 is 0 Å². The number of carbonyl (C=O) groups is 1. The summed E-state index contributed by atoms with van der Waals surface area (Å²) in [4.78, 5) is 14.1. The zero-order chi connectivity index (χ0) is 16.8. The molecular weight excluding hydrogens is 316 g/mol.